The zero-order chi connectivity index (χ0) is 13.9. The van der Waals surface area contributed by atoms with Crippen LogP contribution in [0.1, 0.15) is 5.56 Å². The number of hydrogen-bond donors (Lipinski definition) is 0. The fraction of sp³-hybridized carbons (Fsp3) is 0.214. The molecule has 3 aromatic heterocycles. The van der Waals surface area contributed by atoms with Crippen molar-refractivity contribution >= 4 is 5.52 Å². The molecule has 20 heavy (non-hydrogen) atoms. The van der Waals surface area contributed by atoms with E-state index in [2.05, 4.69) is 16.3 Å². The van der Waals surface area contributed by atoms with E-state index in [4.69, 9.17) is 10.00 Å². The third-order valence-electron chi connectivity index (χ3n) is 3.13. The Morgan fingerprint density at radius 3 is 2.90 bits per heavy atom. The predicted molar refractivity (Wildman–Crippen MR) is 73.0 cm³/mol. The van der Waals surface area contributed by atoms with Gasteiger partial charge in [-0.05, 0) is 6.07 Å². The summed E-state index contributed by atoms with van der Waals surface area (Å²) in [4.78, 5) is 0. The van der Waals surface area contributed by atoms with Gasteiger partial charge in [0.25, 0.3) is 0 Å². The van der Waals surface area contributed by atoms with Gasteiger partial charge >= 0.3 is 0 Å². The molecule has 0 unspecified atom stereocenters. The minimum atomic E-state index is 0.576. The third-order valence-corrected chi connectivity index (χ3v) is 3.13. The summed E-state index contributed by atoms with van der Waals surface area (Å²) in [5.74, 6) is 0. The smallest absolute Gasteiger partial charge is 0.103 e. The molecule has 0 saturated heterocycles. The molecular weight excluding hydrogens is 254 g/mol. The minimum absolute atomic E-state index is 0.576. The van der Waals surface area contributed by atoms with Crippen molar-refractivity contribution < 1.29 is 4.74 Å². The van der Waals surface area contributed by atoms with Gasteiger partial charge in [0, 0.05) is 30.6 Å². The molecule has 0 aliphatic heterocycles. The van der Waals surface area contributed by atoms with E-state index in [1.165, 1.54) is 0 Å². The van der Waals surface area contributed by atoms with E-state index in [9.17, 15) is 0 Å². The van der Waals surface area contributed by atoms with Crippen LogP contribution in [0.4, 0.5) is 0 Å². The number of ether oxygens (including phenoxy) is 1. The highest BCUT2D eigenvalue weighted by atomic mass is 16.5. The lowest BCUT2D eigenvalue weighted by molar-refractivity contribution is 0.183. The second-order valence-corrected chi connectivity index (χ2v) is 4.40. The maximum atomic E-state index is 8.97. The Bertz CT molecular complexity index is 780. The average molecular weight is 267 g/mol. The number of hydrogen-bond acceptors (Lipinski definition) is 4. The van der Waals surface area contributed by atoms with Crippen molar-refractivity contribution in [2.75, 3.05) is 13.7 Å². The van der Waals surface area contributed by atoms with Crippen LogP contribution < -0.4 is 0 Å². The van der Waals surface area contributed by atoms with Crippen molar-refractivity contribution in [2.45, 2.75) is 6.54 Å². The van der Waals surface area contributed by atoms with E-state index < -0.39 is 0 Å². The van der Waals surface area contributed by atoms with Crippen molar-refractivity contribution in [3.05, 3.63) is 42.5 Å². The molecule has 0 aromatic carbocycles. The fourth-order valence-electron chi connectivity index (χ4n) is 2.06. The lowest BCUT2D eigenvalue weighted by Crippen LogP contribution is -2.03. The fourth-order valence-corrected chi connectivity index (χ4v) is 2.06. The highest BCUT2D eigenvalue weighted by molar-refractivity contribution is 5.67. The van der Waals surface area contributed by atoms with Crippen LogP contribution in [0.25, 0.3) is 16.6 Å². The maximum absolute atomic E-state index is 8.97. The summed E-state index contributed by atoms with van der Waals surface area (Å²) in [5, 5.41) is 17.4. The summed E-state index contributed by atoms with van der Waals surface area (Å²) >= 11 is 0. The van der Waals surface area contributed by atoms with Gasteiger partial charge in [0.1, 0.15) is 6.07 Å². The molecule has 0 aliphatic rings. The van der Waals surface area contributed by atoms with Gasteiger partial charge in [-0.2, -0.15) is 15.5 Å². The molecule has 0 atom stereocenters. The second-order valence-electron chi connectivity index (χ2n) is 4.40. The number of fused-ring (bicyclic) bond motifs is 1. The Morgan fingerprint density at radius 1 is 1.20 bits per heavy atom. The number of aromatic nitrogens is 4. The molecule has 0 amide bonds. The van der Waals surface area contributed by atoms with E-state index in [0.29, 0.717) is 12.2 Å². The molecule has 6 heteroatoms. The van der Waals surface area contributed by atoms with Crippen LogP contribution in [0.5, 0.6) is 0 Å². The van der Waals surface area contributed by atoms with Crippen molar-refractivity contribution in [3.63, 3.8) is 0 Å². The molecule has 0 radical (unpaired) electrons. The van der Waals surface area contributed by atoms with E-state index in [-0.39, 0.29) is 0 Å². The summed E-state index contributed by atoms with van der Waals surface area (Å²) in [6.45, 7) is 1.35. The normalized spacial score (nSPS) is 10.8. The van der Waals surface area contributed by atoms with Crippen molar-refractivity contribution in [2.24, 2.45) is 0 Å². The van der Waals surface area contributed by atoms with Crippen LogP contribution in [0.2, 0.25) is 0 Å². The van der Waals surface area contributed by atoms with Gasteiger partial charge in [0.2, 0.25) is 0 Å². The number of methoxy groups -OCH3 is 1. The van der Waals surface area contributed by atoms with E-state index in [0.717, 1.165) is 23.2 Å². The van der Waals surface area contributed by atoms with Crippen LogP contribution in [0.3, 0.4) is 0 Å². The Balaban J connectivity index is 1.94. The Labute approximate surface area is 115 Å². The zero-order valence-electron chi connectivity index (χ0n) is 11.0. The van der Waals surface area contributed by atoms with Crippen molar-refractivity contribution in [1.29, 1.82) is 5.26 Å². The molecule has 0 bridgehead atoms. The lowest BCUT2D eigenvalue weighted by Gasteiger charge is -2.00. The Kier molecular flexibility index (Phi) is 3.19. The zero-order valence-corrected chi connectivity index (χ0v) is 11.0. The monoisotopic (exact) mass is 267 g/mol. The number of nitriles is 1. The van der Waals surface area contributed by atoms with Gasteiger partial charge in [-0.15, -0.1) is 0 Å². The van der Waals surface area contributed by atoms with Gasteiger partial charge in [0.05, 0.1) is 36.6 Å². The quantitative estimate of drug-likeness (QED) is 0.721. The molecule has 100 valence electrons. The summed E-state index contributed by atoms with van der Waals surface area (Å²) in [6, 6.07) is 5.99. The first-order valence-corrected chi connectivity index (χ1v) is 6.21. The van der Waals surface area contributed by atoms with E-state index in [1.54, 1.807) is 17.8 Å². The molecule has 0 saturated carbocycles. The van der Waals surface area contributed by atoms with Crippen LogP contribution in [0, 0.1) is 11.3 Å². The first kappa shape index (κ1) is 12.4. The van der Waals surface area contributed by atoms with E-state index in [1.807, 2.05) is 35.4 Å². The second kappa shape index (κ2) is 5.15. The molecule has 0 N–H and O–H groups in total. The highest BCUT2D eigenvalue weighted by Gasteiger charge is 2.06. The highest BCUT2D eigenvalue weighted by Crippen LogP contribution is 2.20. The molecule has 0 aliphatic carbocycles. The van der Waals surface area contributed by atoms with Gasteiger partial charge < -0.3 is 4.74 Å². The Morgan fingerprint density at radius 2 is 2.10 bits per heavy atom. The van der Waals surface area contributed by atoms with E-state index >= 15 is 0 Å². The van der Waals surface area contributed by atoms with Crippen molar-refractivity contribution in [3.8, 4) is 17.2 Å². The molecule has 0 fully saturated rings. The van der Waals surface area contributed by atoms with Gasteiger partial charge in [-0.3, -0.25) is 4.68 Å². The van der Waals surface area contributed by atoms with Crippen LogP contribution in [-0.4, -0.2) is 33.1 Å². The molecule has 6 nitrogen and oxygen atoms in total. The maximum Gasteiger partial charge on any atom is 0.103 e. The van der Waals surface area contributed by atoms with Gasteiger partial charge in [-0.1, -0.05) is 6.07 Å². The SMILES string of the molecule is COCCn1cc(-c2ccc3c(C#N)cnn3c2)cn1. The van der Waals surface area contributed by atoms with Gasteiger partial charge in [-0.25, -0.2) is 4.52 Å². The van der Waals surface area contributed by atoms with Crippen LogP contribution in [-0.2, 0) is 11.3 Å². The standard InChI is InChI=1S/C14H13N5O/c1-20-5-4-18-9-13(8-16-18)11-2-3-14-12(6-15)7-17-19(14)10-11/h2-3,7-10H,4-5H2,1H3. The average Bonchev–Trinajstić information content (AvgIpc) is 3.10. The summed E-state index contributed by atoms with van der Waals surface area (Å²) < 4.78 is 8.58. The number of pyridine rings is 1. The summed E-state index contributed by atoms with van der Waals surface area (Å²) in [6.07, 6.45) is 7.25. The molecule has 3 aromatic rings. The molecular formula is C14H13N5O. The van der Waals surface area contributed by atoms with Gasteiger partial charge in [0.15, 0.2) is 0 Å². The third kappa shape index (κ3) is 2.15. The van der Waals surface area contributed by atoms with Crippen LogP contribution >= 0.6 is 0 Å². The number of rotatable bonds is 4. The molecule has 0 spiro atoms. The summed E-state index contributed by atoms with van der Waals surface area (Å²) in [5.41, 5.74) is 3.40. The lowest BCUT2D eigenvalue weighted by atomic mass is 10.1. The van der Waals surface area contributed by atoms with Crippen molar-refractivity contribution in [1.82, 2.24) is 19.4 Å². The minimum Gasteiger partial charge on any atom is -0.383 e. The first-order chi connectivity index (χ1) is 9.81. The largest absolute Gasteiger partial charge is 0.383 e. The summed E-state index contributed by atoms with van der Waals surface area (Å²) in [7, 11) is 1.67. The first-order valence-electron chi connectivity index (χ1n) is 6.21. The Hall–Kier alpha value is -2.65. The molecule has 3 heterocycles. The predicted octanol–water partition coefficient (Wildman–Crippen LogP) is 1.72. The topological polar surface area (TPSA) is 68.1 Å². The number of nitrogens with zero attached hydrogens (tertiary/aromatic N) is 5. The molecule has 3 rings (SSSR count). The van der Waals surface area contributed by atoms with Crippen LogP contribution in [0.15, 0.2) is 36.9 Å².